The van der Waals surface area contributed by atoms with Crippen molar-refractivity contribution in [3.8, 4) is 0 Å². The molecule has 4 aromatic carbocycles. The van der Waals surface area contributed by atoms with Crippen LogP contribution in [0.25, 0.3) is 10.8 Å². The summed E-state index contributed by atoms with van der Waals surface area (Å²) in [6.45, 7) is 3.99. The van der Waals surface area contributed by atoms with Crippen LogP contribution in [0.2, 0.25) is 0 Å². The second-order valence-electron chi connectivity index (χ2n) is 10.0. The van der Waals surface area contributed by atoms with E-state index in [0.717, 1.165) is 42.0 Å². The van der Waals surface area contributed by atoms with Gasteiger partial charge in [0.25, 0.3) is 0 Å². The SMILES string of the molecule is C[C@@H](c1cccc2ccccc12)N(c1ccc(CC(=O)O)cc1)[C@@H]1CCN(c2ccc(CC(=O)O)cc2)C1. The first-order valence-electron chi connectivity index (χ1n) is 13.0. The first kappa shape index (κ1) is 25.3. The molecular formula is C32H32N2O4. The molecular weight excluding hydrogens is 476 g/mol. The van der Waals surface area contributed by atoms with Crippen molar-refractivity contribution >= 4 is 34.1 Å². The molecule has 0 saturated carbocycles. The van der Waals surface area contributed by atoms with Crippen LogP contribution in [-0.2, 0) is 22.4 Å². The van der Waals surface area contributed by atoms with Gasteiger partial charge in [-0.05, 0) is 65.1 Å². The van der Waals surface area contributed by atoms with Crippen molar-refractivity contribution in [3.63, 3.8) is 0 Å². The third-order valence-electron chi connectivity index (χ3n) is 7.49. The monoisotopic (exact) mass is 508 g/mol. The molecule has 1 aliphatic rings. The Kier molecular flexibility index (Phi) is 7.31. The molecule has 4 aromatic rings. The van der Waals surface area contributed by atoms with Crippen LogP contribution < -0.4 is 9.80 Å². The lowest BCUT2D eigenvalue weighted by atomic mass is 9.96. The van der Waals surface area contributed by atoms with Gasteiger partial charge in [0.1, 0.15) is 0 Å². The molecule has 0 amide bonds. The second kappa shape index (κ2) is 11.0. The zero-order chi connectivity index (χ0) is 26.6. The summed E-state index contributed by atoms with van der Waals surface area (Å²) in [6, 6.07) is 31.0. The number of anilines is 2. The number of carboxylic acids is 2. The Balaban J connectivity index is 1.46. The summed E-state index contributed by atoms with van der Waals surface area (Å²) in [5.74, 6) is -1.66. The maximum absolute atomic E-state index is 11.2. The van der Waals surface area contributed by atoms with Crippen molar-refractivity contribution in [2.45, 2.75) is 38.3 Å². The molecule has 1 saturated heterocycles. The first-order chi connectivity index (χ1) is 18.4. The number of hydrogen-bond acceptors (Lipinski definition) is 4. The average Bonchev–Trinajstić information content (AvgIpc) is 3.39. The third kappa shape index (κ3) is 5.49. The van der Waals surface area contributed by atoms with Crippen molar-refractivity contribution in [2.75, 3.05) is 22.9 Å². The Morgan fingerprint density at radius 3 is 2.11 bits per heavy atom. The highest BCUT2D eigenvalue weighted by Gasteiger charge is 2.32. The van der Waals surface area contributed by atoms with E-state index >= 15 is 0 Å². The van der Waals surface area contributed by atoms with Gasteiger partial charge in [-0.2, -0.15) is 0 Å². The molecule has 0 aliphatic carbocycles. The Labute approximate surface area is 222 Å². The number of aliphatic carboxylic acids is 2. The van der Waals surface area contributed by atoms with E-state index in [2.05, 4.69) is 59.2 Å². The number of benzene rings is 4. The minimum Gasteiger partial charge on any atom is -0.481 e. The van der Waals surface area contributed by atoms with Gasteiger partial charge >= 0.3 is 11.9 Å². The molecule has 1 heterocycles. The smallest absolute Gasteiger partial charge is 0.307 e. The highest BCUT2D eigenvalue weighted by Crippen LogP contribution is 2.36. The third-order valence-corrected chi connectivity index (χ3v) is 7.49. The van der Waals surface area contributed by atoms with E-state index in [1.807, 2.05) is 48.5 Å². The Morgan fingerprint density at radius 1 is 0.842 bits per heavy atom. The van der Waals surface area contributed by atoms with Gasteiger partial charge in [-0.1, -0.05) is 66.7 Å². The topological polar surface area (TPSA) is 81.1 Å². The van der Waals surface area contributed by atoms with Gasteiger partial charge in [-0.25, -0.2) is 0 Å². The van der Waals surface area contributed by atoms with E-state index in [0.29, 0.717) is 0 Å². The highest BCUT2D eigenvalue weighted by atomic mass is 16.4. The summed E-state index contributed by atoms with van der Waals surface area (Å²) in [5.41, 5.74) is 5.01. The predicted octanol–water partition coefficient (Wildman–Crippen LogP) is 5.94. The molecule has 2 N–H and O–H groups in total. The number of hydrogen-bond donors (Lipinski definition) is 2. The van der Waals surface area contributed by atoms with Crippen LogP contribution in [0, 0.1) is 0 Å². The molecule has 0 aromatic heterocycles. The minimum absolute atomic E-state index is 0.00817. The highest BCUT2D eigenvalue weighted by molar-refractivity contribution is 5.86. The second-order valence-corrected chi connectivity index (χ2v) is 10.0. The molecule has 2 atom stereocenters. The van der Waals surface area contributed by atoms with Gasteiger partial charge in [0, 0.05) is 30.5 Å². The Hall–Kier alpha value is -4.32. The van der Waals surface area contributed by atoms with Crippen molar-refractivity contribution in [2.24, 2.45) is 0 Å². The van der Waals surface area contributed by atoms with E-state index in [-0.39, 0.29) is 24.9 Å². The van der Waals surface area contributed by atoms with Crippen LogP contribution in [-0.4, -0.2) is 41.3 Å². The molecule has 1 aliphatic heterocycles. The molecule has 38 heavy (non-hydrogen) atoms. The van der Waals surface area contributed by atoms with Gasteiger partial charge < -0.3 is 20.0 Å². The van der Waals surface area contributed by atoms with Crippen LogP contribution in [0.3, 0.4) is 0 Å². The zero-order valence-corrected chi connectivity index (χ0v) is 21.5. The summed E-state index contributed by atoms with van der Waals surface area (Å²) >= 11 is 0. The number of carboxylic acid groups (broad SMARTS) is 2. The average molecular weight is 509 g/mol. The molecule has 1 fully saturated rings. The minimum atomic E-state index is -0.834. The number of carbonyl (C=O) groups is 2. The van der Waals surface area contributed by atoms with E-state index in [1.54, 1.807) is 0 Å². The van der Waals surface area contributed by atoms with Crippen molar-refractivity contribution in [1.82, 2.24) is 0 Å². The van der Waals surface area contributed by atoms with Crippen LogP contribution in [0.5, 0.6) is 0 Å². The Bertz CT molecular complexity index is 1430. The van der Waals surface area contributed by atoms with E-state index < -0.39 is 11.9 Å². The summed E-state index contributed by atoms with van der Waals surface area (Å²) in [6.07, 6.45) is 1.01. The molecule has 6 nitrogen and oxygen atoms in total. The normalized spacial score (nSPS) is 15.9. The van der Waals surface area contributed by atoms with E-state index in [9.17, 15) is 14.7 Å². The van der Waals surface area contributed by atoms with Gasteiger partial charge in [0.05, 0.1) is 18.9 Å². The fourth-order valence-corrected chi connectivity index (χ4v) is 5.68. The van der Waals surface area contributed by atoms with E-state index in [4.69, 9.17) is 5.11 Å². The molecule has 0 unspecified atom stereocenters. The number of nitrogens with zero attached hydrogens (tertiary/aromatic N) is 2. The summed E-state index contributed by atoms with van der Waals surface area (Å²) < 4.78 is 0. The predicted molar refractivity (Wildman–Crippen MR) is 151 cm³/mol. The standard InChI is InChI=1S/C32H32N2O4/c1-22(29-8-4-6-25-5-2-3-7-30(25)29)34(27-15-11-24(12-16-27)20-32(37)38)28-17-18-33(21-28)26-13-9-23(10-14-26)19-31(35)36/h2-16,22,28H,17-21H2,1H3,(H,35,36)(H,37,38)/t22-,28+/m0/s1. The Morgan fingerprint density at radius 2 is 1.45 bits per heavy atom. The van der Waals surface area contributed by atoms with Gasteiger partial charge in [0.15, 0.2) is 0 Å². The number of fused-ring (bicyclic) bond motifs is 1. The van der Waals surface area contributed by atoms with Crippen LogP contribution in [0.15, 0.2) is 91.0 Å². The fraction of sp³-hybridized carbons (Fsp3) is 0.250. The quantitative estimate of drug-likeness (QED) is 0.291. The van der Waals surface area contributed by atoms with Gasteiger partial charge in [0.2, 0.25) is 0 Å². The van der Waals surface area contributed by atoms with Crippen molar-refractivity contribution in [3.05, 3.63) is 108 Å². The summed E-state index contributed by atoms with van der Waals surface area (Å²) in [4.78, 5) is 27.1. The van der Waals surface area contributed by atoms with Crippen LogP contribution >= 0.6 is 0 Å². The molecule has 6 heteroatoms. The molecule has 0 spiro atoms. The van der Waals surface area contributed by atoms with Gasteiger partial charge in [-0.3, -0.25) is 9.59 Å². The lowest BCUT2D eigenvalue weighted by Crippen LogP contribution is -2.39. The summed E-state index contributed by atoms with van der Waals surface area (Å²) in [5, 5.41) is 20.7. The maximum Gasteiger partial charge on any atom is 0.307 e. The van der Waals surface area contributed by atoms with E-state index in [1.165, 1.54) is 16.3 Å². The van der Waals surface area contributed by atoms with Gasteiger partial charge in [-0.15, -0.1) is 0 Å². The molecule has 0 radical (unpaired) electrons. The molecule has 194 valence electrons. The maximum atomic E-state index is 11.2. The largest absolute Gasteiger partial charge is 0.481 e. The van der Waals surface area contributed by atoms with Crippen LogP contribution in [0.4, 0.5) is 11.4 Å². The van der Waals surface area contributed by atoms with Crippen LogP contribution in [0.1, 0.15) is 36.1 Å². The lowest BCUT2D eigenvalue weighted by molar-refractivity contribution is -0.137. The molecule has 0 bridgehead atoms. The zero-order valence-electron chi connectivity index (χ0n) is 21.5. The first-order valence-corrected chi connectivity index (χ1v) is 13.0. The fourth-order valence-electron chi connectivity index (χ4n) is 5.68. The van der Waals surface area contributed by atoms with Crippen molar-refractivity contribution in [1.29, 1.82) is 0 Å². The lowest BCUT2D eigenvalue weighted by Gasteiger charge is -2.38. The number of rotatable bonds is 9. The molecule has 5 rings (SSSR count). The van der Waals surface area contributed by atoms with Crippen molar-refractivity contribution < 1.29 is 19.8 Å². The summed E-state index contributed by atoms with van der Waals surface area (Å²) in [7, 11) is 0.